The van der Waals surface area contributed by atoms with Crippen LogP contribution in [0.15, 0.2) is 47.5 Å². The Balaban J connectivity index is 0.00000243. The van der Waals surface area contributed by atoms with Crippen molar-refractivity contribution in [2.75, 3.05) is 37.4 Å². The normalized spacial score (nSPS) is 15.1. The lowest BCUT2D eigenvalue weighted by atomic mass is 10.2. The number of amides is 1. The van der Waals surface area contributed by atoms with Gasteiger partial charge in [-0.2, -0.15) is 4.31 Å². The second-order valence-corrected chi connectivity index (χ2v) is 7.34. The van der Waals surface area contributed by atoms with Crippen molar-refractivity contribution >= 4 is 39.8 Å². The predicted molar refractivity (Wildman–Crippen MR) is 99.9 cm³/mol. The number of halogens is 1. The summed E-state index contributed by atoms with van der Waals surface area (Å²) in [5, 5.41) is 2.64. The molecule has 8 nitrogen and oxygen atoms in total. The number of aromatic nitrogens is 1. The third-order valence-electron chi connectivity index (χ3n) is 3.76. The number of carbonyl (C=O) groups is 1. The molecule has 10 heteroatoms. The molecule has 0 spiro atoms. The maximum absolute atomic E-state index is 12.9. The summed E-state index contributed by atoms with van der Waals surface area (Å²) in [4.78, 5) is 16.4. The molecule has 1 amide bonds. The number of pyridine rings is 1. The maximum atomic E-state index is 12.9. The van der Waals surface area contributed by atoms with Crippen molar-refractivity contribution in [1.29, 1.82) is 0 Å². The molecule has 1 saturated heterocycles. The number of nitrogens with one attached hydrogen (secondary N) is 1. The Morgan fingerprint density at radius 3 is 2.50 bits per heavy atom. The van der Waals surface area contributed by atoms with Gasteiger partial charge in [0.15, 0.2) is 0 Å². The zero-order chi connectivity index (χ0) is 17.9. The lowest BCUT2D eigenvalue weighted by Gasteiger charge is -2.26. The molecule has 1 aromatic carbocycles. The number of anilines is 2. The number of morpholine rings is 1. The summed E-state index contributed by atoms with van der Waals surface area (Å²) in [6.07, 6.45) is 1.41. The second-order valence-electron chi connectivity index (χ2n) is 5.44. The minimum absolute atomic E-state index is 0. The van der Waals surface area contributed by atoms with E-state index >= 15 is 0 Å². The molecule has 3 rings (SSSR count). The highest BCUT2D eigenvalue weighted by Crippen LogP contribution is 2.22. The Hall–Kier alpha value is -2.20. The first-order valence-electron chi connectivity index (χ1n) is 7.68. The van der Waals surface area contributed by atoms with Crippen LogP contribution in [0.1, 0.15) is 10.4 Å². The molecule has 0 radical (unpaired) electrons. The van der Waals surface area contributed by atoms with Crippen molar-refractivity contribution < 1.29 is 17.9 Å². The predicted octanol–water partition coefficient (Wildman–Crippen LogP) is 1.36. The molecule has 1 aromatic heterocycles. The number of hydrogen-bond donors (Lipinski definition) is 2. The van der Waals surface area contributed by atoms with E-state index in [9.17, 15) is 13.2 Å². The van der Waals surface area contributed by atoms with Crippen molar-refractivity contribution in [2.45, 2.75) is 4.90 Å². The van der Waals surface area contributed by atoms with Crippen LogP contribution in [0, 0.1) is 0 Å². The summed E-state index contributed by atoms with van der Waals surface area (Å²) in [6.45, 7) is 1.20. The van der Waals surface area contributed by atoms with Crippen LogP contribution < -0.4 is 11.1 Å². The highest BCUT2D eigenvalue weighted by atomic mass is 35.5. The summed E-state index contributed by atoms with van der Waals surface area (Å²) in [7, 11) is -3.78. The summed E-state index contributed by atoms with van der Waals surface area (Å²) in [5.74, 6) is -0.202. The fourth-order valence-electron chi connectivity index (χ4n) is 2.48. The molecule has 140 valence electrons. The van der Waals surface area contributed by atoms with Gasteiger partial charge in [-0.25, -0.2) is 13.4 Å². The zero-order valence-corrected chi connectivity index (χ0v) is 15.4. The zero-order valence-electron chi connectivity index (χ0n) is 13.8. The number of nitrogen functional groups attached to an aromatic ring is 1. The molecule has 0 unspecified atom stereocenters. The molecule has 0 saturated carbocycles. The van der Waals surface area contributed by atoms with Gasteiger partial charge in [0, 0.05) is 13.1 Å². The van der Waals surface area contributed by atoms with Crippen LogP contribution in [-0.2, 0) is 14.8 Å². The molecular weight excluding hydrogens is 380 g/mol. The standard InChI is InChI=1S/C16H18N4O4S.ClH/c17-15-6-5-12(11-18-15)19-16(21)13-3-1-2-4-14(13)25(22,23)20-7-9-24-10-8-20;/h1-6,11H,7-10H2,(H2,17,18)(H,19,21);1H. The molecule has 26 heavy (non-hydrogen) atoms. The lowest BCUT2D eigenvalue weighted by molar-refractivity contribution is 0.0730. The Morgan fingerprint density at radius 2 is 1.85 bits per heavy atom. The van der Waals surface area contributed by atoms with E-state index in [1.54, 1.807) is 24.3 Å². The number of benzene rings is 1. The minimum Gasteiger partial charge on any atom is -0.384 e. The highest BCUT2D eigenvalue weighted by Gasteiger charge is 2.30. The summed E-state index contributed by atoms with van der Waals surface area (Å²) >= 11 is 0. The van der Waals surface area contributed by atoms with E-state index < -0.39 is 15.9 Å². The van der Waals surface area contributed by atoms with Crippen LogP contribution in [0.5, 0.6) is 0 Å². The van der Waals surface area contributed by atoms with E-state index in [4.69, 9.17) is 10.5 Å². The first-order chi connectivity index (χ1) is 12.0. The van der Waals surface area contributed by atoms with E-state index in [2.05, 4.69) is 10.3 Å². The summed E-state index contributed by atoms with van der Waals surface area (Å²) < 4.78 is 32.3. The topological polar surface area (TPSA) is 115 Å². The maximum Gasteiger partial charge on any atom is 0.257 e. The van der Waals surface area contributed by atoms with Gasteiger partial charge in [-0.15, -0.1) is 12.4 Å². The average molecular weight is 399 g/mol. The van der Waals surface area contributed by atoms with Gasteiger partial charge in [-0.1, -0.05) is 12.1 Å². The Kier molecular flexibility index (Phi) is 6.54. The van der Waals surface area contributed by atoms with Crippen LogP contribution >= 0.6 is 12.4 Å². The second kappa shape index (κ2) is 8.45. The first kappa shape index (κ1) is 20.1. The molecular formula is C16H19ClN4O4S. The van der Waals surface area contributed by atoms with E-state index in [0.717, 1.165) is 0 Å². The fourth-order valence-corrected chi connectivity index (χ4v) is 4.08. The van der Waals surface area contributed by atoms with Crippen molar-refractivity contribution in [3.63, 3.8) is 0 Å². The quantitative estimate of drug-likeness (QED) is 0.803. The molecule has 0 aliphatic carbocycles. The van der Waals surface area contributed by atoms with E-state index in [0.29, 0.717) is 24.7 Å². The number of nitrogens with zero attached hydrogens (tertiary/aromatic N) is 2. The van der Waals surface area contributed by atoms with Crippen LogP contribution in [0.4, 0.5) is 11.5 Å². The van der Waals surface area contributed by atoms with Crippen LogP contribution in [0.3, 0.4) is 0 Å². The third kappa shape index (κ3) is 4.31. The van der Waals surface area contributed by atoms with Gasteiger partial charge >= 0.3 is 0 Å². The molecule has 0 bridgehead atoms. The van der Waals surface area contributed by atoms with E-state index in [1.165, 1.54) is 22.6 Å². The van der Waals surface area contributed by atoms with Gasteiger partial charge < -0.3 is 15.8 Å². The SMILES string of the molecule is Cl.Nc1ccc(NC(=O)c2ccccc2S(=O)(=O)N2CCOCC2)cn1. The summed E-state index contributed by atoms with van der Waals surface area (Å²) in [6, 6.07) is 9.27. The molecule has 1 aliphatic heterocycles. The van der Waals surface area contributed by atoms with Gasteiger partial charge in [-0.3, -0.25) is 4.79 Å². The number of nitrogens with two attached hydrogens (primary N) is 1. The Morgan fingerprint density at radius 1 is 1.15 bits per heavy atom. The van der Waals surface area contributed by atoms with Gasteiger partial charge in [0.2, 0.25) is 10.0 Å². The van der Waals surface area contributed by atoms with Crippen LogP contribution in [0.25, 0.3) is 0 Å². The number of sulfonamides is 1. The monoisotopic (exact) mass is 398 g/mol. The van der Waals surface area contributed by atoms with Crippen molar-refractivity contribution in [3.8, 4) is 0 Å². The number of rotatable bonds is 4. The smallest absolute Gasteiger partial charge is 0.257 e. The van der Waals surface area contributed by atoms with Crippen LogP contribution in [-0.4, -0.2) is 49.9 Å². The highest BCUT2D eigenvalue weighted by molar-refractivity contribution is 7.89. The van der Waals surface area contributed by atoms with Crippen LogP contribution in [0.2, 0.25) is 0 Å². The van der Waals surface area contributed by atoms with Gasteiger partial charge in [0.1, 0.15) is 5.82 Å². The average Bonchev–Trinajstić information content (AvgIpc) is 2.64. The lowest BCUT2D eigenvalue weighted by Crippen LogP contribution is -2.41. The Bertz CT molecular complexity index is 868. The van der Waals surface area contributed by atoms with Gasteiger partial charge in [0.25, 0.3) is 5.91 Å². The molecule has 2 aromatic rings. The van der Waals surface area contributed by atoms with Crippen molar-refractivity contribution in [2.24, 2.45) is 0 Å². The van der Waals surface area contributed by atoms with Crippen molar-refractivity contribution in [1.82, 2.24) is 9.29 Å². The molecule has 0 atom stereocenters. The third-order valence-corrected chi connectivity index (χ3v) is 5.72. The molecule has 1 fully saturated rings. The molecule has 2 heterocycles. The Labute approximate surface area is 157 Å². The van der Waals surface area contributed by atoms with Gasteiger partial charge in [-0.05, 0) is 24.3 Å². The van der Waals surface area contributed by atoms with Gasteiger partial charge in [0.05, 0.1) is 35.6 Å². The minimum atomic E-state index is -3.78. The van der Waals surface area contributed by atoms with Crippen molar-refractivity contribution in [3.05, 3.63) is 48.2 Å². The number of ether oxygens (including phenoxy) is 1. The molecule has 3 N–H and O–H groups in total. The first-order valence-corrected chi connectivity index (χ1v) is 9.12. The number of carbonyl (C=O) groups excluding carboxylic acids is 1. The molecule has 1 aliphatic rings. The summed E-state index contributed by atoms with van der Waals surface area (Å²) in [5.41, 5.74) is 6.02. The number of hydrogen-bond acceptors (Lipinski definition) is 6. The van der Waals surface area contributed by atoms with E-state index in [1.807, 2.05) is 0 Å². The largest absolute Gasteiger partial charge is 0.384 e. The van der Waals surface area contributed by atoms with E-state index in [-0.39, 0.29) is 36.0 Å². The fraction of sp³-hybridized carbons (Fsp3) is 0.250.